The summed E-state index contributed by atoms with van der Waals surface area (Å²) in [6.45, 7) is 0.456. The summed E-state index contributed by atoms with van der Waals surface area (Å²) in [5.74, 6) is 0.526. The maximum absolute atomic E-state index is 11.9. The summed E-state index contributed by atoms with van der Waals surface area (Å²) in [5, 5.41) is 0. The Balaban J connectivity index is 1.74. The lowest BCUT2D eigenvalue weighted by Gasteiger charge is -2.07. The average Bonchev–Trinajstić information content (AvgIpc) is 3.05. The Morgan fingerprint density at radius 3 is 2.77 bits per heavy atom. The molecular weight excluding hydrogens is 278 g/mol. The molecule has 0 aliphatic rings. The zero-order valence-corrected chi connectivity index (χ0v) is 11.7. The number of aromatic amines is 1. The minimum absolute atomic E-state index is 0.128. The number of ether oxygens (including phenoxy) is 1. The number of benzene rings is 1. The molecule has 0 fully saturated rings. The van der Waals surface area contributed by atoms with E-state index in [2.05, 4.69) is 9.97 Å². The van der Waals surface area contributed by atoms with Crippen LogP contribution in [0.4, 0.5) is 0 Å². The molecule has 0 saturated heterocycles. The van der Waals surface area contributed by atoms with Crippen LogP contribution in [0.1, 0.15) is 5.56 Å². The molecule has 0 radical (unpaired) electrons. The second-order valence-electron chi connectivity index (χ2n) is 5.01. The van der Waals surface area contributed by atoms with E-state index in [-0.39, 0.29) is 5.56 Å². The smallest absolute Gasteiger partial charge is 0.272 e. The molecule has 0 aliphatic carbocycles. The minimum Gasteiger partial charge on any atom is -0.473 e. The Morgan fingerprint density at radius 1 is 1.05 bits per heavy atom. The van der Waals surface area contributed by atoms with Gasteiger partial charge in [0.15, 0.2) is 5.65 Å². The molecule has 22 heavy (non-hydrogen) atoms. The number of hydrogen-bond donors (Lipinski definition) is 1. The lowest BCUT2D eigenvalue weighted by atomic mass is 10.2. The zero-order valence-electron chi connectivity index (χ0n) is 11.7. The van der Waals surface area contributed by atoms with Crippen molar-refractivity contribution in [3.63, 3.8) is 0 Å². The van der Waals surface area contributed by atoms with Gasteiger partial charge < -0.3 is 9.72 Å². The lowest BCUT2D eigenvalue weighted by Crippen LogP contribution is -2.10. The van der Waals surface area contributed by atoms with Crippen LogP contribution in [0.2, 0.25) is 0 Å². The van der Waals surface area contributed by atoms with Crippen molar-refractivity contribution in [1.29, 1.82) is 0 Å². The second-order valence-corrected chi connectivity index (χ2v) is 5.01. The molecule has 5 heteroatoms. The van der Waals surface area contributed by atoms with E-state index in [9.17, 15) is 4.79 Å². The Morgan fingerprint density at radius 2 is 1.91 bits per heavy atom. The molecule has 0 bridgehead atoms. The van der Waals surface area contributed by atoms with Crippen molar-refractivity contribution >= 4 is 16.7 Å². The number of hydrogen-bond acceptors (Lipinski definition) is 3. The fourth-order valence-corrected chi connectivity index (χ4v) is 2.46. The van der Waals surface area contributed by atoms with Crippen molar-refractivity contribution in [2.75, 3.05) is 0 Å². The molecule has 108 valence electrons. The predicted octanol–water partition coefficient (Wildman–Crippen LogP) is 2.75. The van der Waals surface area contributed by atoms with Gasteiger partial charge in [0.2, 0.25) is 5.88 Å². The molecule has 0 amide bonds. The lowest BCUT2D eigenvalue weighted by molar-refractivity contribution is 0.295. The number of nitrogens with zero attached hydrogens (tertiary/aromatic N) is 2. The number of pyridine rings is 1. The van der Waals surface area contributed by atoms with Crippen LogP contribution in [0.3, 0.4) is 0 Å². The van der Waals surface area contributed by atoms with Gasteiger partial charge in [-0.05, 0) is 23.8 Å². The van der Waals surface area contributed by atoms with Crippen molar-refractivity contribution in [1.82, 2.24) is 14.4 Å². The van der Waals surface area contributed by atoms with E-state index in [0.717, 1.165) is 5.56 Å². The van der Waals surface area contributed by atoms with Gasteiger partial charge in [-0.15, -0.1) is 0 Å². The van der Waals surface area contributed by atoms with Crippen LogP contribution in [-0.2, 0) is 6.61 Å². The molecule has 0 spiro atoms. The van der Waals surface area contributed by atoms with Crippen molar-refractivity contribution in [2.24, 2.45) is 0 Å². The Hall–Kier alpha value is -3.08. The maximum atomic E-state index is 11.9. The SMILES string of the molecule is O=c1[nH]c2ccc(OCc3ccccc3)nc2n2cccc12. The van der Waals surface area contributed by atoms with Gasteiger partial charge in [-0.2, -0.15) is 4.98 Å². The Bertz CT molecular complexity index is 1000. The van der Waals surface area contributed by atoms with Crippen molar-refractivity contribution < 1.29 is 4.74 Å². The summed E-state index contributed by atoms with van der Waals surface area (Å²) in [5.41, 5.74) is 2.88. The first-order valence-electron chi connectivity index (χ1n) is 6.98. The van der Waals surface area contributed by atoms with Crippen LogP contribution in [0.15, 0.2) is 65.6 Å². The van der Waals surface area contributed by atoms with Gasteiger partial charge in [0, 0.05) is 12.3 Å². The monoisotopic (exact) mass is 291 g/mol. The van der Waals surface area contributed by atoms with E-state index in [1.807, 2.05) is 48.7 Å². The molecule has 1 N–H and O–H groups in total. The van der Waals surface area contributed by atoms with Crippen LogP contribution in [0, 0.1) is 0 Å². The topological polar surface area (TPSA) is 59.4 Å². The average molecular weight is 291 g/mol. The molecule has 4 aromatic rings. The van der Waals surface area contributed by atoms with Gasteiger partial charge in [-0.1, -0.05) is 30.3 Å². The number of fused-ring (bicyclic) bond motifs is 3. The summed E-state index contributed by atoms with van der Waals surface area (Å²) in [6.07, 6.45) is 1.82. The Labute approximate surface area is 125 Å². The highest BCUT2D eigenvalue weighted by atomic mass is 16.5. The zero-order chi connectivity index (χ0) is 14.9. The first kappa shape index (κ1) is 12.6. The third-order valence-corrected chi connectivity index (χ3v) is 3.54. The van der Waals surface area contributed by atoms with Gasteiger partial charge in [0.1, 0.15) is 12.1 Å². The van der Waals surface area contributed by atoms with Gasteiger partial charge in [-0.25, -0.2) is 0 Å². The van der Waals surface area contributed by atoms with Crippen LogP contribution in [0.5, 0.6) is 5.88 Å². The molecule has 4 rings (SSSR count). The van der Waals surface area contributed by atoms with E-state index in [4.69, 9.17) is 4.74 Å². The highest BCUT2D eigenvalue weighted by Gasteiger charge is 2.07. The molecule has 5 nitrogen and oxygen atoms in total. The second kappa shape index (κ2) is 5.04. The molecule has 3 aromatic heterocycles. The maximum Gasteiger partial charge on any atom is 0.272 e. The van der Waals surface area contributed by atoms with Crippen LogP contribution in [0.25, 0.3) is 16.7 Å². The van der Waals surface area contributed by atoms with E-state index in [0.29, 0.717) is 29.2 Å². The number of nitrogens with one attached hydrogen (secondary N) is 1. The van der Waals surface area contributed by atoms with E-state index >= 15 is 0 Å². The molecule has 0 atom stereocenters. The fourth-order valence-electron chi connectivity index (χ4n) is 2.46. The molecule has 0 aliphatic heterocycles. The van der Waals surface area contributed by atoms with Gasteiger partial charge >= 0.3 is 0 Å². The van der Waals surface area contributed by atoms with Crippen LogP contribution < -0.4 is 10.3 Å². The highest BCUT2D eigenvalue weighted by molar-refractivity contribution is 5.74. The van der Waals surface area contributed by atoms with Crippen molar-refractivity contribution in [2.45, 2.75) is 6.61 Å². The summed E-state index contributed by atoms with van der Waals surface area (Å²) in [4.78, 5) is 19.2. The molecular formula is C17H13N3O2. The van der Waals surface area contributed by atoms with Crippen molar-refractivity contribution in [3.8, 4) is 5.88 Å². The third-order valence-electron chi connectivity index (χ3n) is 3.54. The summed E-state index contributed by atoms with van der Waals surface area (Å²) >= 11 is 0. The van der Waals surface area contributed by atoms with Crippen molar-refractivity contribution in [3.05, 3.63) is 76.7 Å². The number of rotatable bonds is 3. The van der Waals surface area contributed by atoms with Gasteiger partial charge in [-0.3, -0.25) is 9.20 Å². The van der Waals surface area contributed by atoms with E-state index in [1.165, 1.54) is 0 Å². The predicted molar refractivity (Wildman–Crippen MR) is 84.1 cm³/mol. The standard InChI is InChI=1S/C17H13N3O2/c21-17-14-7-4-10-20(14)16-13(18-17)8-9-15(19-16)22-11-12-5-2-1-3-6-12/h1-10H,11H2,(H,18,21). The summed E-state index contributed by atoms with van der Waals surface area (Å²) < 4.78 is 7.51. The normalized spacial score (nSPS) is 11.1. The third kappa shape index (κ3) is 2.13. The minimum atomic E-state index is -0.128. The van der Waals surface area contributed by atoms with E-state index < -0.39 is 0 Å². The Kier molecular flexibility index (Phi) is 2.89. The first-order valence-corrected chi connectivity index (χ1v) is 6.98. The summed E-state index contributed by atoms with van der Waals surface area (Å²) in [6, 6.07) is 17.1. The number of aromatic nitrogens is 3. The fraction of sp³-hybridized carbons (Fsp3) is 0.0588. The molecule has 0 unspecified atom stereocenters. The largest absolute Gasteiger partial charge is 0.473 e. The molecule has 3 heterocycles. The van der Waals surface area contributed by atoms with Gasteiger partial charge in [0.05, 0.1) is 5.52 Å². The highest BCUT2D eigenvalue weighted by Crippen LogP contribution is 2.16. The number of H-pyrrole nitrogens is 1. The van der Waals surface area contributed by atoms with Crippen LogP contribution >= 0.6 is 0 Å². The van der Waals surface area contributed by atoms with E-state index in [1.54, 1.807) is 16.5 Å². The first-order chi connectivity index (χ1) is 10.8. The summed E-state index contributed by atoms with van der Waals surface area (Å²) in [7, 11) is 0. The molecule has 0 saturated carbocycles. The quantitative estimate of drug-likeness (QED) is 0.631. The van der Waals surface area contributed by atoms with Gasteiger partial charge in [0.25, 0.3) is 5.56 Å². The molecule has 1 aromatic carbocycles. The van der Waals surface area contributed by atoms with Crippen LogP contribution in [-0.4, -0.2) is 14.4 Å².